The van der Waals surface area contributed by atoms with Gasteiger partial charge in [0, 0.05) is 13.0 Å². The van der Waals surface area contributed by atoms with Crippen LogP contribution in [0.2, 0.25) is 0 Å². The minimum atomic E-state index is -3.43. The van der Waals surface area contributed by atoms with Crippen molar-refractivity contribution >= 4 is 15.9 Å². The molecule has 0 spiro atoms. The topological polar surface area (TPSA) is 115 Å². The molecule has 0 bridgehead atoms. The molecule has 0 aromatic heterocycles. The maximum absolute atomic E-state index is 11.6. The smallest absolute Gasteiger partial charge is 0.220 e. The number of hydrogen-bond donors (Lipinski definition) is 3. The fraction of sp³-hybridized carbons (Fsp3) is 0.917. The Labute approximate surface area is 116 Å². The van der Waals surface area contributed by atoms with Crippen LogP contribution in [0.1, 0.15) is 45.4 Å². The molecule has 1 unspecified atom stereocenters. The number of primary sulfonamides is 1. The van der Waals surface area contributed by atoms with E-state index in [0.29, 0.717) is 31.8 Å². The van der Waals surface area contributed by atoms with Crippen molar-refractivity contribution in [2.24, 2.45) is 16.8 Å². The highest BCUT2D eigenvalue weighted by Crippen LogP contribution is 2.16. The monoisotopic (exact) mass is 293 g/mol. The average Bonchev–Trinajstić information content (AvgIpc) is 2.31. The molecule has 0 aliphatic heterocycles. The number of carbonyl (C=O) groups excluding carboxylic acids is 1. The zero-order valence-corrected chi connectivity index (χ0v) is 12.5. The summed E-state index contributed by atoms with van der Waals surface area (Å²) in [6, 6.07) is 0. The first-order valence-electron chi connectivity index (χ1n) is 6.86. The van der Waals surface area contributed by atoms with E-state index >= 15 is 0 Å². The van der Waals surface area contributed by atoms with E-state index in [-0.39, 0.29) is 11.7 Å². The van der Waals surface area contributed by atoms with E-state index in [1.54, 1.807) is 0 Å². The minimum Gasteiger partial charge on any atom is -0.356 e. The van der Waals surface area contributed by atoms with Crippen molar-refractivity contribution < 1.29 is 13.2 Å². The third-order valence-electron chi connectivity index (χ3n) is 2.98. The quantitative estimate of drug-likeness (QED) is 0.476. The number of nitrogens with one attached hydrogen (secondary N) is 1. The van der Waals surface area contributed by atoms with E-state index in [1.165, 1.54) is 0 Å². The Balaban J connectivity index is 3.73. The predicted molar refractivity (Wildman–Crippen MR) is 76.9 cm³/mol. The van der Waals surface area contributed by atoms with Crippen LogP contribution in [-0.4, -0.2) is 33.2 Å². The molecule has 6 nitrogen and oxygen atoms in total. The second kappa shape index (κ2) is 10.2. The van der Waals surface area contributed by atoms with Crippen LogP contribution < -0.4 is 16.2 Å². The van der Waals surface area contributed by atoms with Crippen molar-refractivity contribution in [3.05, 3.63) is 0 Å². The van der Waals surface area contributed by atoms with Gasteiger partial charge in [-0.15, -0.1) is 0 Å². The molecule has 19 heavy (non-hydrogen) atoms. The summed E-state index contributed by atoms with van der Waals surface area (Å²) >= 11 is 0. The van der Waals surface area contributed by atoms with Gasteiger partial charge in [-0.1, -0.05) is 19.8 Å². The van der Waals surface area contributed by atoms with Crippen molar-refractivity contribution in [1.29, 1.82) is 0 Å². The van der Waals surface area contributed by atoms with Gasteiger partial charge in [0.15, 0.2) is 0 Å². The zero-order valence-electron chi connectivity index (χ0n) is 11.7. The number of carbonyl (C=O) groups is 1. The van der Waals surface area contributed by atoms with E-state index in [2.05, 4.69) is 12.2 Å². The molecule has 0 radical (unpaired) electrons. The van der Waals surface area contributed by atoms with Gasteiger partial charge in [0.25, 0.3) is 0 Å². The molecular weight excluding hydrogens is 266 g/mol. The van der Waals surface area contributed by atoms with Crippen LogP contribution in [0.3, 0.4) is 0 Å². The van der Waals surface area contributed by atoms with E-state index in [9.17, 15) is 13.2 Å². The standard InChI is InChI=1S/C12H27N3O3S/c1-2-4-11(7-8-13)5-6-12(16)15-9-3-10-19(14,17)18/h11H,2-10,13H2,1H3,(H,15,16)(H2,14,17,18). The lowest BCUT2D eigenvalue weighted by Crippen LogP contribution is -2.27. The maximum Gasteiger partial charge on any atom is 0.220 e. The summed E-state index contributed by atoms with van der Waals surface area (Å²) in [5, 5.41) is 7.57. The van der Waals surface area contributed by atoms with Crippen LogP contribution in [0, 0.1) is 5.92 Å². The van der Waals surface area contributed by atoms with Crippen LogP contribution >= 0.6 is 0 Å². The summed E-state index contributed by atoms with van der Waals surface area (Å²) in [5.74, 6) is 0.372. The van der Waals surface area contributed by atoms with E-state index < -0.39 is 10.0 Å². The number of nitrogens with two attached hydrogens (primary N) is 2. The first kappa shape index (κ1) is 18.3. The second-order valence-corrected chi connectivity index (χ2v) is 6.58. The molecule has 0 aromatic rings. The normalized spacial score (nSPS) is 13.2. The Morgan fingerprint density at radius 3 is 2.47 bits per heavy atom. The van der Waals surface area contributed by atoms with Gasteiger partial charge >= 0.3 is 0 Å². The third kappa shape index (κ3) is 12.1. The molecule has 0 fully saturated rings. The van der Waals surface area contributed by atoms with Gasteiger partial charge in [0.05, 0.1) is 5.75 Å². The molecule has 0 rings (SSSR count). The van der Waals surface area contributed by atoms with Gasteiger partial charge in [-0.2, -0.15) is 0 Å². The lowest BCUT2D eigenvalue weighted by atomic mass is 9.94. The first-order chi connectivity index (χ1) is 8.89. The van der Waals surface area contributed by atoms with Crippen molar-refractivity contribution in [2.45, 2.75) is 45.4 Å². The van der Waals surface area contributed by atoms with Gasteiger partial charge in [0.1, 0.15) is 0 Å². The molecule has 5 N–H and O–H groups in total. The van der Waals surface area contributed by atoms with Gasteiger partial charge in [-0.3, -0.25) is 4.79 Å². The molecule has 7 heteroatoms. The van der Waals surface area contributed by atoms with E-state index in [0.717, 1.165) is 25.7 Å². The largest absolute Gasteiger partial charge is 0.356 e. The fourth-order valence-corrected chi connectivity index (χ4v) is 2.55. The zero-order chi connectivity index (χ0) is 14.7. The lowest BCUT2D eigenvalue weighted by Gasteiger charge is -2.14. The highest BCUT2D eigenvalue weighted by Gasteiger charge is 2.10. The molecule has 1 amide bonds. The first-order valence-corrected chi connectivity index (χ1v) is 8.57. The molecule has 114 valence electrons. The Kier molecular flexibility index (Phi) is 9.81. The number of hydrogen-bond acceptors (Lipinski definition) is 4. The minimum absolute atomic E-state index is 0.0347. The summed E-state index contributed by atoms with van der Waals surface area (Å²) in [4.78, 5) is 11.6. The molecular formula is C12H27N3O3S. The molecule has 1 atom stereocenters. The van der Waals surface area contributed by atoms with Gasteiger partial charge in [-0.25, -0.2) is 13.6 Å². The van der Waals surface area contributed by atoms with Crippen molar-refractivity contribution in [1.82, 2.24) is 5.32 Å². The van der Waals surface area contributed by atoms with Gasteiger partial charge < -0.3 is 11.1 Å². The van der Waals surface area contributed by atoms with Gasteiger partial charge in [0.2, 0.25) is 15.9 Å². The molecule has 0 aliphatic carbocycles. The fourth-order valence-electron chi connectivity index (χ4n) is 2.00. The number of sulfonamides is 1. The lowest BCUT2D eigenvalue weighted by molar-refractivity contribution is -0.121. The van der Waals surface area contributed by atoms with Gasteiger partial charge in [-0.05, 0) is 31.7 Å². The van der Waals surface area contributed by atoms with Crippen molar-refractivity contribution in [2.75, 3.05) is 18.8 Å². The highest BCUT2D eigenvalue weighted by atomic mass is 32.2. The van der Waals surface area contributed by atoms with Crippen LogP contribution in [0.5, 0.6) is 0 Å². The van der Waals surface area contributed by atoms with Crippen molar-refractivity contribution in [3.8, 4) is 0 Å². The maximum atomic E-state index is 11.6. The van der Waals surface area contributed by atoms with E-state index in [1.807, 2.05) is 0 Å². The number of rotatable bonds is 11. The van der Waals surface area contributed by atoms with Crippen molar-refractivity contribution in [3.63, 3.8) is 0 Å². The number of amides is 1. The summed E-state index contributed by atoms with van der Waals surface area (Å²) < 4.78 is 21.4. The van der Waals surface area contributed by atoms with Crippen LogP contribution in [0.15, 0.2) is 0 Å². The molecule has 0 saturated carbocycles. The Hall–Kier alpha value is -0.660. The Morgan fingerprint density at radius 1 is 1.26 bits per heavy atom. The summed E-state index contributed by atoms with van der Waals surface area (Å²) in [7, 11) is -3.43. The molecule has 0 aliphatic rings. The Bertz CT molecular complexity index is 338. The van der Waals surface area contributed by atoms with E-state index in [4.69, 9.17) is 10.9 Å². The summed E-state index contributed by atoms with van der Waals surface area (Å²) in [5.41, 5.74) is 5.54. The Morgan fingerprint density at radius 2 is 1.95 bits per heavy atom. The molecule has 0 aromatic carbocycles. The molecule has 0 heterocycles. The molecule has 0 saturated heterocycles. The summed E-state index contributed by atoms with van der Waals surface area (Å²) in [6.45, 7) is 3.13. The SMILES string of the molecule is CCCC(CCN)CCC(=O)NCCCS(N)(=O)=O. The average molecular weight is 293 g/mol. The third-order valence-corrected chi connectivity index (χ3v) is 3.84. The highest BCUT2D eigenvalue weighted by molar-refractivity contribution is 7.89. The van der Waals surface area contributed by atoms with Crippen LogP contribution in [0.25, 0.3) is 0 Å². The van der Waals surface area contributed by atoms with Crippen LogP contribution in [-0.2, 0) is 14.8 Å². The summed E-state index contributed by atoms with van der Waals surface area (Å²) in [6.07, 6.45) is 4.81. The van der Waals surface area contributed by atoms with Crippen LogP contribution in [0.4, 0.5) is 0 Å². The predicted octanol–water partition coefficient (Wildman–Crippen LogP) is 0.327. The second-order valence-electron chi connectivity index (χ2n) is 4.84.